The van der Waals surface area contributed by atoms with E-state index in [1.54, 1.807) is 0 Å². The Hall–Kier alpha value is -0.980. The highest BCUT2D eigenvalue weighted by Crippen LogP contribution is 2.31. The Morgan fingerprint density at radius 1 is 1.20 bits per heavy atom. The van der Waals surface area contributed by atoms with E-state index in [1.165, 1.54) is 56.2 Å². The fraction of sp³-hybridized carbons (Fsp3) is 0.684. The molecule has 1 aliphatic rings. The lowest BCUT2D eigenvalue weighted by Crippen LogP contribution is -2.28. The van der Waals surface area contributed by atoms with Crippen LogP contribution >= 0.6 is 0 Å². The Kier molecular flexibility index (Phi) is 5.94. The van der Waals surface area contributed by atoms with E-state index >= 15 is 0 Å². The van der Waals surface area contributed by atoms with E-state index in [2.05, 4.69) is 50.4 Å². The second-order valence-corrected chi connectivity index (χ2v) is 6.91. The van der Waals surface area contributed by atoms with Crippen molar-refractivity contribution in [2.75, 3.05) is 5.32 Å². The summed E-state index contributed by atoms with van der Waals surface area (Å²) in [5.41, 5.74) is 2.87. The van der Waals surface area contributed by atoms with Gasteiger partial charge in [-0.1, -0.05) is 58.2 Å². The van der Waals surface area contributed by atoms with Crippen LogP contribution in [0.3, 0.4) is 0 Å². The predicted octanol–water partition coefficient (Wildman–Crippen LogP) is 5.66. The van der Waals surface area contributed by atoms with Crippen LogP contribution in [-0.2, 0) is 6.42 Å². The summed E-state index contributed by atoms with van der Waals surface area (Å²) in [6.45, 7) is 6.97. The topological polar surface area (TPSA) is 12.0 Å². The van der Waals surface area contributed by atoms with E-state index in [4.69, 9.17) is 0 Å². The Morgan fingerprint density at radius 3 is 2.75 bits per heavy atom. The first-order chi connectivity index (χ1) is 9.69. The molecule has 0 heterocycles. The van der Waals surface area contributed by atoms with Gasteiger partial charge in [0.25, 0.3) is 0 Å². The van der Waals surface area contributed by atoms with E-state index in [0.717, 1.165) is 11.8 Å². The summed E-state index contributed by atoms with van der Waals surface area (Å²) < 4.78 is 0. The predicted molar refractivity (Wildman–Crippen MR) is 89.3 cm³/mol. The van der Waals surface area contributed by atoms with Crippen LogP contribution in [0.1, 0.15) is 64.9 Å². The summed E-state index contributed by atoms with van der Waals surface area (Å²) in [4.78, 5) is 0. The largest absolute Gasteiger partial charge is 0.382 e. The van der Waals surface area contributed by atoms with Crippen molar-refractivity contribution in [3.63, 3.8) is 0 Å². The van der Waals surface area contributed by atoms with Crippen LogP contribution in [0.15, 0.2) is 24.3 Å². The third kappa shape index (κ3) is 4.54. The molecule has 0 spiro atoms. The number of benzene rings is 1. The van der Waals surface area contributed by atoms with Gasteiger partial charge in [0.15, 0.2) is 0 Å². The lowest BCUT2D eigenvalue weighted by atomic mass is 9.81. The molecule has 1 N–H and O–H groups in total. The number of para-hydroxylation sites is 1. The molecular formula is C19H31N. The zero-order valence-electron chi connectivity index (χ0n) is 13.5. The molecular weight excluding hydrogens is 242 g/mol. The van der Waals surface area contributed by atoms with Crippen LogP contribution in [0.5, 0.6) is 0 Å². The number of nitrogens with one attached hydrogen (secondary N) is 1. The molecule has 0 bridgehead atoms. The molecule has 1 heteroatoms. The number of rotatable bonds is 6. The molecule has 1 fully saturated rings. The standard InChI is InChI=1S/C19H31N/c1-4-8-17-10-5-6-12-19(17)20-18-11-7-9-16(14-18)13-15(2)3/h5-6,10,12,15-16,18,20H,4,7-9,11,13-14H2,1-3H3. The minimum Gasteiger partial charge on any atom is -0.382 e. The monoisotopic (exact) mass is 273 g/mol. The van der Waals surface area contributed by atoms with Crippen LogP contribution in [0.4, 0.5) is 5.69 Å². The first-order valence-corrected chi connectivity index (χ1v) is 8.53. The molecule has 1 aromatic carbocycles. The van der Waals surface area contributed by atoms with Gasteiger partial charge in [0.05, 0.1) is 0 Å². The van der Waals surface area contributed by atoms with Gasteiger partial charge in [0, 0.05) is 11.7 Å². The first kappa shape index (κ1) is 15.4. The Bertz CT molecular complexity index is 397. The molecule has 20 heavy (non-hydrogen) atoms. The van der Waals surface area contributed by atoms with Gasteiger partial charge in [-0.2, -0.15) is 0 Å². The number of anilines is 1. The fourth-order valence-electron chi connectivity index (χ4n) is 3.67. The molecule has 0 saturated heterocycles. The minimum absolute atomic E-state index is 0.686. The van der Waals surface area contributed by atoms with Crippen molar-refractivity contribution in [1.29, 1.82) is 0 Å². The SMILES string of the molecule is CCCc1ccccc1NC1CCCC(CC(C)C)C1. The Morgan fingerprint density at radius 2 is 2.00 bits per heavy atom. The highest BCUT2D eigenvalue weighted by molar-refractivity contribution is 5.51. The van der Waals surface area contributed by atoms with E-state index in [0.29, 0.717) is 6.04 Å². The normalized spacial score (nSPS) is 23.0. The van der Waals surface area contributed by atoms with E-state index in [1.807, 2.05) is 0 Å². The van der Waals surface area contributed by atoms with Crippen LogP contribution < -0.4 is 5.32 Å². The molecule has 0 aromatic heterocycles. The quantitative estimate of drug-likeness (QED) is 0.705. The maximum Gasteiger partial charge on any atom is 0.0374 e. The molecule has 2 rings (SSSR count). The summed E-state index contributed by atoms with van der Waals surface area (Å²) in [5.74, 6) is 1.77. The van der Waals surface area contributed by atoms with Crippen LogP contribution in [0.2, 0.25) is 0 Å². The summed E-state index contributed by atoms with van der Waals surface area (Å²) >= 11 is 0. The summed E-state index contributed by atoms with van der Waals surface area (Å²) in [6.07, 6.45) is 9.34. The summed E-state index contributed by atoms with van der Waals surface area (Å²) in [6, 6.07) is 9.55. The van der Waals surface area contributed by atoms with Crippen molar-refractivity contribution >= 4 is 5.69 Å². The van der Waals surface area contributed by atoms with Gasteiger partial charge in [0.2, 0.25) is 0 Å². The number of hydrogen-bond donors (Lipinski definition) is 1. The lowest BCUT2D eigenvalue weighted by molar-refractivity contribution is 0.289. The third-order valence-corrected chi connectivity index (χ3v) is 4.48. The molecule has 1 nitrogen and oxygen atoms in total. The van der Waals surface area contributed by atoms with Gasteiger partial charge in [-0.25, -0.2) is 0 Å². The molecule has 1 aliphatic carbocycles. The molecule has 0 aliphatic heterocycles. The minimum atomic E-state index is 0.686. The van der Waals surface area contributed by atoms with Gasteiger partial charge in [-0.3, -0.25) is 0 Å². The summed E-state index contributed by atoms with van der Waals surface area (Å²) in [5, 5.41) is 3.84. The van der Waals surface area contributed by atoms with E-state index < -0.39 is 0 Å². The van der Waals surface area contributed by atoms with Crippen molar-refractivity contribution in [2.24, 2.45) is 11.8 Å². The zero-order valence-corrected chi connectivity index (χ0v) is 13.5. The highest BCUT2D eigenvalue weighted by Gasteiger charge is 2.22. The fourth-order valence-corrected chi connectivity index (χ4v) is 3.67. The van der Waals surface area contributed by atoms with E-state index in [-0.39, 0.29) is 0 Å². The average molecular weight is 273 g/mol. The van der Waals surface area contributed by atoms with Crippen molar-refractivity contribution in [3.8, 4) is 0 Å². The molecule has 1 aromatic rings. The molecule has 2 atom stereocenters. The Labute approximate surface area is 125 Å². The lowest BCUT2D eigenvalue weighted by Gasteiger charge is -2.32. The van der Waals surface area contributed by atoms with Gasteiger partial charge in [0.1, 0.15) is 0 Å². The van der Waals surface area contributed by atoms with Gasteiger partial charge in [-0.15, -0.1) is 0 Å². The first-order valence-electron chi connectivity index (χ1n) is 8.53. The molecule has 0 radical (unpaired) electrons. The van der Waals surface area contributed by atoms with Gasteiger partial charge >= 0.3 is 0 Å². The zero-order chi connectivity index (χ0) is 14.4. The molecule has 1 saturated carbocycles. The van der Waals surface area contributed by atoms with Gasteiger partial charge < -0.3 is 5.32 Å². The number of aryl methyl sites for hydroxylation is 1. The average Bonchev–Trinajstić information content (AvgIpc) is 2.41. The smallest absolute Gasteiger partial charge is 0.0374 e. The maximum absolute atomic E-state index is 3.84. The number of hydrogen-bond acceptors (Lipinski definition) is 1. The van der Waals surface area contributed by atoms with Crippen LogP contribution in [0.25, 0.3) is 0 Å². The Balaban J connectivity index is 1.95. The van der Waals surface area contributed by atoms with Crippen molar-refractivity contribution < 1.29 is 0 Å². The maximum atomic E-state index is 3.84. The highest BCUT2D eigenvalue weighted by atomic mass is 14.9. The second kappa shape index (κ2) is 7.71. The molecule has 2 unspecified atom stereocenters. The van der Waals surface area contributed by atoms with Crippen LogP contribution in [-0.4, -0.2) is 6.04 Å². The van der Waals surface area contributed by atoms with Gasteiger partial charge in [-0.05, 0) is 49.1 Å². The van der Waals surface area contributed by atoms with Crippen LogP contribution in [0, 0.1) is 11.8 Å². The van der Waals surface area contributed by atoms with E-state index in [9.17, 15) is 0 Å². The van der Waals surface area contributed by atoms with Crippen molar-refractivity contribution in [2.45, 2.75) is 71.8 Å². The second-order valence-electron chi connectivity index (χ2n) is 6.91. The molecule has 0 amide bonds. The third-order valence-electron chi connectivity index (χ3n) is 4.48. The van der Waals surface area contributed by atoms with Crippen molar-refractivity contribution in [3.05, 3.63) is 29.8 Å². The molecule has 112 valence electrons. The van der Waals surface area contributed by atoms with Crippen molar-refractivity contribution in [1.82, 2.24) is 0 Å². The summed E-state index contributed by atoms with van der Waals surface area (Å²) in [7, 11) is 0.